The maximum Gasteiger partial charge on any atom is 0.335 e. The maximum atomic E-state index is 14.0. The van der Waals surface area contributed by atoms with Gasteiger partial charge in [-0.3, -0.25) is 4.90 Å². The molecule has 0 aliphatic carbocycles. The van der Waals surface area contributed by atoms with Gasteiger partial charge in [0.2, 0.25) is 5.88 Å². The number of amides is 2. The zero-order chi connectivity index (χ0) is 30.8. The van der Waals surface area contributed by atoms with E-state index in [-0.39, 0.29) is 29.7 Å². The number of aryl methyl sites for hydroxylation is 3. The van der Waals surface area contributed by atoms with Gasteiger partial charge in [-0.15, -0.1) is 0 Å². The number of aromatic carboxylic acids is 1. The third-order valence-electron chi connectivity index (χ3n) is 9.38. The van der Waals surface area contributed by atoms with Crippen LogP contribution in [0.2, 0.25) is 0 Å². The first-order valence-corrected chi connectivity index (χ1v) is 15.7. The first-order chi connectivity index (χ1) is 21.3. The van der Waals surface area contributed by atoms with Gasteiger partial charge in [-0.05, 0) is 81.3 Å². The predicted molar refractivity (Wildman–Crippen MR) is 167 cm³/mol. The number of hydrogen-bond donors (Lipinski definition) is 1. The molecule has 1 unspecified atom stereocenters. The fourth-order valence-electron chi connectivity index (χ4n) is 6.89. The van der Waals surface area contributed by atoms with Crippen molar-refractivity contribution < 1.29 is 24.2 Å². The van der Waals surface area contributed by atoms with Crippen LogP contribution < -0.4 is 4.74 Å². The van der Waals surface area contributed by atoms with Crippen molar-refractivity contribution in [1.82, 2.24) is 19.7 Å². The number of pyridine rings is 1. The largest absolute Gasteiger partial charge is 0.478 e. The van der Waals surface area contributed by atoms with E-state index in [2.05, 4.69) is 52.0 Å². The highest BCUT2D eigenvalue weighted by atomic mass is 16.5. The van der Waals surface area contributed by atoms with Gasteiger partial charge in [0.05, 0.1) is 11.6 Å². The van der Waals surface area contributed by atoms with Crippen LogP contribution >= 0.6 is 0 Å². The van der Waals surface area contributed by atoms with Crippen molar-refractivity contribution in [2.45, 2.75) is 71.1 Å². The van der Waals surface area contributed by atoms with Crippen LogP contribution in [-0.4, -0.2) is 81.7 Å². The minimum absolute atomic E-state index is 0.0738. The number of urea groups is 1. The van der Waals surface area contributed by atoms with Gasteiger partial charge in [-0.1, -0.05) is 35.9 Å². The zero-order valence-electron chi connectivity index (χ0n) is 25.9. The van der Waals surface area contributed by atoms with Crippen molar-refractivity contribution in [1.29, 1.82) is 0 Å². The van der Waals surface area contributed by atoms with E-state index >= 15 is 0 Å². The zero-order valence-corrected chi connectivity index (χ0v) is 25.9. The number of carboxylic acid groups (broad SMARTS) is 1. The molecule has 9 heteroatoms. The van der Waals surface area contributed by atoms with Crippen molar-refractivity contribution in [2.24, 2.45) is 0 Å². The van der Waals surface area contributed by atoms with E-state index in [1.165, 1.54) is 17.2 Å². The molecule has 0 radical (unpaired) electrons. The van der Waals surface area contributed by atoms with E-state index in [1.54, 1.807) is 12.1 Å². The number of aromatic nitrogens is 1. The highest BCUT2D eigenvalue weighted by molar-refractivity contribution is 5.88. The summed E-state index contributed by atoms with van der Waals surface area (Å²) in [7, 11) is 0. The molecule has 3 aliphatic heterocycles. The Hall–Kier alpha value is -3.95. The first-order valence-electron chi connectivity index (χ1n) is 15.7. The fourth-order valence-corrected chi connectivity index (χ4v) is 6.89. The van der Waals surface area contributed by atoms with E-state index < -0.39 is 5.97 Å². The van der Waals surface area contributed by atoms with Gasteiger partial charge in [0, 0.05) is 63.2 Å². The average Bonchev–Trinajstić information content (AvgIpc) is 3.37. The number of rotatable bonds is 8. The van der Waals surface area contributed by atoms with Gasteiger partial charge in [-0.25, -0.2) is 14.6 Å². The van der Waals surface area contributed by atoms with Crippen molar-refractivity contribution in [2.75, 3.05) is 32.8 Å². The number of carbonyl (C=O) groups excluding carboxylic acids is 1. The molecule has 1 aromatic heterocycles. The summed E-state index contributed by atoms with van der Waals surface area (Å²) in [5.74, 6) is 0.115. The van der Waals surface area contributed by atoms with Gasteiger partial charge in [-0.2, -0.15) is 0 Å². The molecular formula is C35H42N4O5. The smallest absolute Gasteiger partial charge is 0.335 e. The third-order valence-corrected chi connectivity index (χ3v) is 9.38. The fraction of sp³-hybridized carbons (Fsp3) is 0.457. The molecule has 232 valence electrons. The summed E-state index contributed by atoms with van der Waals surface area (Å²) in [5.41, 5.74) is 5.48. The molecule has 3 fully saturated rings. The number of likely N-dealkylation sites (tertiary alicyclic amines) is 1. The van der Waals surface area contributed by atoms with E-state index in [0.717, 1.165) is 81.9 Å². The quantitative estimate of drug-likeness (QED) is 0.334. The van der Waals surface area contributed by atoms with Gasteiger partial charge >= 0.3 is 12.0 Å². The van der Waals surface area contributed by atoms with Crippen molar-refractivity contribution in [3.05, 3.63) is 88.1 Å². The molecule has 3 saturated heterocycles. The Labute approximate surface area is 259 Å². The molecule has 0 spiro atoms. The second-order valence-electron chi connectivity index (χ2n) is 12.4. The predicted octanol–water partition coefficient (Wildman–Crippen LogP) is 6.12. The lowest BCUT2D eigenvalue weighted by atomic mass is 9.98. The lowest BCUT2D eigenvalue weighted by Crippen LogP contribution is -2.48. The lowest BCUT2D eigenvalue weighted by Gasteiger charge is -2.39. The Bertz CT molecular complexity index is 1510. The lowest BCUT2D eigenvalue weighted by molar-refractivity contribution is 0.0493. The molecule has 1 N–H and O–H groups in total. The van der Waals surface area contributed by atoms with Crippen molar-refractivity contribution in [3.8, 4) is 11.6 Å². The maximum absolute atomic E-state index is 14.0. The second kappa shape index (κ2) is 13.0. The average molecular weight is 599 g/mol. The molecule has 0 bridgehead atoms. The summed E-state index contributed by atoms with van der Waals surface area (Å²) in [6, 6.07) is 18.1. The van der Waals surface area contributed by atoms with Crippen molar-refractivity contribution in [3.63, 3.8) is 0 Å². The van der Waals surface area contributed by atoms with Gasteiger partial charge in [0.15, 0.2) is 0 Å². The monoisotopic (exact) mass is 598 g/mol. The molecule has 9 nitrogen and oxygen atoms in total. The SMILES string of the molecule is Cc1cccc(C2CN(C3CCOCC3)C(=O)N2C2CCN(Cc3ccc(Oc4ccc(C(=O)O)cc4C)nc3C)CC2)c1. The van der Waals surface area contributed by atoms with Crippen LogP contribution in [0, 0.1) is 20.8 Å². The molecular weight excluding hydrogens is 556 g/mol. The van der Waals surface area contributed by atoms with Gasteiger partial charge < -0.3 is 24.4 Å². The number of hydrogen-bond acceptors (Lipinski definition) is 6. The number of benzene rings is 2. The van der Waals surface area contributed by atoms with Crippen LogP contribution in [0.5, 0.6) is 11.6 Å². The summed E-state index contributed by atoms with van der Waals surface area (Å²) >= 11 is 0. The number of carbonyl (C=O) groups is 2. The second-order valence-corrected chi connectivity index (χ2v) is 12.4. The number of ether oxygens (including phenoxy) is 2. The van der Waals surface area contributed by atoms with Crippen LogP contribution in [0.1, 0.15) is 70.0 Å². The summed E-state index contributed by atoms with van der Waals surface area (Å²) < 4.78 is 11.6. The third kappa shape index (κ3) is 6.44. The summed E-state index contributed by atoms with van der Waals surface area (Å²) in [6.07, 6.45) is 3.70. The Morgan fingerprint density at radius 2 is 1.75 bits per heavy atom. The van der Waals surface area contributed by atoms with E-state index in [1.807, 2.05) is 19.9 Å². The topological polar surface area (TPSA) is 95.4 Å². The highest BCUT2D eigenvalue weighted by Gasteiger charge is 2.45. The van der Waals surface area contributed by atoms with Crippen LogP contribution in [0.4, 0.5) is 4.79 Å². The van der Waals surface area contributed by atoms with Gasteiger partial charge in [0.25, 0.3) is 0 Å². The highest BCUT2D eigenvalue weighted by Crippen LogP contribution is 2.37. The molecule has 2 aromatic carbocycles. The summed E-state index contributed by atoms with van der Waals surface area (Å²) in [6.45, 7) is 10.8. The Morgan fingerprint density at radius 3 is 2.43 bits per heavy atom. The molecule has 4 heterocycles. The molecule has 3 aromatic rings. The number of carboxylic acids is 1. The molecule has 44 heavy (non-hydrogen) atoms. The Kier molecular flexibility index (Phi) is 8.86. The molecule has 2 amide bonds. The van der Waals surface area contributed by atoms with E-state index in [4.69, 9.17) is 14.5 Å². The minimum Gasteiger partial charge on any atom is -0.478 e. The minimum atomic E-state index is -0.961. The molecule has 3 aliphatic rings. The summed E-state index contributed by atoms with van der Waals surface area (Å²) in [5, 5.41) is 9.22. The van der Waals surface area contributed by atoms with Crippen LogP contribution in [0.15, 0.2) is 54.6 Å². The molecule has 0 saturated carbocycles. The normalized spacial score (nSPS) is 20.3. The van der Waals surface area contributed by atoms with Crippen LogP contribution in [-0.2, 0) is 11.3 Å². The van der Waals surface area contributed by atoms with E-state index in [9.17, 15) is 14.7 Å². The molecule has 1 atom stereocenters. The number of nitrogens with zero attached hydrogens (tertiary/aromatic N) is 4. The molecule has 6 rings (SSSR count). The number of piperidine rings is 1. The standard InChI is InChI=1S/C35H42N4O5/c1-23-5-4-6-26(19-23)31-22-38(29-13-17-43-18-14-29)35(42)39(31)30-11-15-37(16-12-30)21-28-8-10-33(36-25(28)3)44-32-9-7-27(34(40)41)20-24(32)2/h4-10,19-20,29-31H,11-18,21-22H2,1-3H3,(H,40,41). The van der Waals surface area contributed by atoms with Gasteiger partial charge in [0.1, 0.15) is 5.75 Å². The summed E-state index contributed by atoms with van der Waals surface area (Å²) in [4.78, 5) is 36.7. The van der Waals surface area contributed by atoms with Crippen molar-refractivity contribution >= 4 is 12.0 Å². The first kappa shape index (κ1) is 30.1. The Balaban J connectivity index is 1.10. The van der Waals surface area contributed by atoms with Crippen LogP contribution in [0.25, 0.3) is 0 Å². The Morgan fingerprint density at radius 1 is 0.977 bits per heavy atom. The van der Waals surface area contributed by atoms with E-state index in [0.29, 0.717) is 11.6 Å². The van der Waals surface area contributed by atoms with Crippen LogP contribution in [0.3, 0.4) is 0 Å².